The van der Waals surface area contributed by atoms with Crippen LogP contribution >= 0.6 is 0 Å². The third-order valence-electron chi connectivity index (χ3n) is 2.87. The van der Waals surface area contributed by atoms with E-state index in [2.05, 4.69) is 53.1 Å². The number of hydrogen-bond donors (Lipinski definition) is 0. The van der Waals surface area contributed by atoms with Gasteiger partial charge in [-0.15, -0.1) is 0 Å². The summed E-state index contributed by atoms with van der Waals surface area (Å²) in [6.07, 6.45) is 2.29. The molecular weight excluding hydrogens is 158 g/mol. The van der Waals surface area contributed by atoms with E-state index in [-0.39, 0.29) is 0 Å². The van der Waals surface area contributed by atoms with Crippen molar-refractivity contribution in [2.24, 2.45) is 5.41 Å². The summed E-state index contributed by atoms with van der Waals surface area (Å²) in [5, 5.41) is 0. The normalized spacial score (nSPS) is 14.0. The van der Waals surface area contributed by atoms with Crippen LogP contribution in [0.2, 0.25) is 0 Å². The molecule has 1 unspecified atom stereocenters. The topological polar surface area (TPSA) is 3.24 Å². The van der Waals surface area contributed by atoms with E-state index in [1.54, 1.807) is 0 Å². The first-order valence-electron chi connectivity index (χ1n) is 5.21. The Morgan fingerprint density at radius 3 is 2.15 bits per heavy atom. The summed E-state index contributed by atoms with van der Waals surface area (Å²) in [6, 6.07) is 0.548. The molecule has 0 spiro atoms. The highest BCUT2D eigenvalue weighted by Crippen LogP contribution is 2.25. The second-order valence-electron chi connectivity index (χ2n) is 4.97. The molecule has 1 atom stereocenters. The van der Waals surface area contributed by atoms with E-state index in [4.69, 9.17) is 0 Å². The molecule has 0 amide bonds. The van der Waals surface area contributed by atoms with Crippen molar-refractivity contribution < 1.29 is 0 Å². The van der Waals surface area contributed by atoms with E-state index >= 15 is 0 Å². The second kappa shape index (κ2) is 4.69. The van der Waals surface area contributed by atoms with Gasteiger partial charge in [0.25, 0.3) is 0 Å². The maximum absolute atomic E-state index is 4.10. The van der Waals surface area contributed by atoms with E-state index in [0.29, 0.717) is 11.5 Å². The van der Waals surface area contributed by atoms with E-state index in [0.717, 1.165) is 6.42 Å². The molecule has 0 aromatic heterocycles. The monoisotopic (exact) mass is 183 g/mol. The smallest absolute Gasteiger partial charge is 0.0303 e. The molecule has 0 aromatic carbocycles. The molecular formula is C12H25N. The first-order valence-corrected chi connectivity index (χ1v) is 5.21. The lowest BCUT2D eigenvalue weighted by Gasteiger charge is -2.37. The molecule has 1 nitrogen and oxygen atoms in total. The average Bonchev–Trinajstić information content (AvgIpc) is 2.00. The van der Waals surface area contributed by atoms with E-state index in [1.165, 1.54) is 12.1 Å². The maximum atomic E-state index is 4.10. The molecule has 0 saturated heterocycles. The fourth-order valence-corrected chi connectivity index (χ4v) is 1.32. The molecule has 0 radical (unpaired) electrons. The highest BCUT2D eigenvalue weighted by atomic mass is 15.1. The van der Waals surface area contributed by atoms with Crippen LogP contribution in [0.1, 0.15) is 47.5 Å². The summed E-state index contributed by atoms with van der Waals surface area (Å²) in [5.41, 5.74) is 1.58. The SMILES string of the molecule is C=C(CCC)N(C)C(C)C(C)(C)C. The minimum atomic E-state index is 0.325. The van der Waals surface area contributed by atoms with Crippen molar-refractivity contribution >= 4 is 0 Å². The van der Waals surface area contributed by atoms with Crippen LogP contribution in [0.5, 0.6) is 0 Å². The second-order valence-corrected chi connectivity index (χ2v) is 4.97. The van der Waals surface area contributed by atoms with Gasteiger partial charge in [0.05, 0.1) is 0 Å². The van der Waals surface area contributed by atoms with Crippen LogP contribution in [-0.4, -0.2) is 18.0 Å². The van der Waals surface area contributed by atoms with E-state index in [9.17, 15) is 0 Å². The summed E-state index contributed by atoms with van der Waals surface area (Å²) in [6.45, 7) is 15.4. The van der Waals surface area contributed by atoms with Gasteiger partial charge >= 0.3 is 0 Å². The van der Waals surface area contributed by atoms with Gasteiger partial charge < -0.3 is 4.90 Å². The number of allylic oxidation sites excluding steroid dienone is 1. The lowest BCUT2D eigenvalue weighted by Crippen LogP contribution is -2.38. The summed E-state index contributed by atoms with van der Waals surface area (Å²) in [4.78, 5) is 2.31. The van der Waals surface area contributed by atoms with Gasteiger partial charge in [-0.3, -0.25) is 0 Å². The van der Waals surface area contributed by atoms with Crippen molar-refractivity contribution in [1.82, 2.24) is 4.90 Å². The highest BCUT2D eigenvalue weighted by molar-refractivity contribution is 4.96. The van der Waals surface area contributed by atoms with Crippen molar-refractivity contribution in [1.29, 1.82) is 0 Å². The minimum absolute atomic E-state index is 0.325. The Balaban J connectivity index is 4.25. The first kappa shape index (κ1) is 12.5. The minimum Gasteiger partial charge on any atom is -0.375 e. The molecule has 78 valence electrons. The molecule has 0 N–H and O–H groups in total. The summed E-state index contributed by atoms with van der Waals surface area (Å²) < 4.78 is 0. The Labute approximate surface area is 83.8 Å². The van der Waals surface area contributed by atoms with Crippen LogP contribution < -0.4 is 0 Å². The lowest BCUT2D eigenvalue weighted by molar-refractivity contribution is 0.172. The van der Waals surface area contributed by atoms with Gasteiger partial charge in [-0.05, 0) is 18.8 Å². The molecule has 0 aromatic rings. The molecule has 0 bridgehead atoms. The average molecular weight is 183 g/mol. The van der Waals surface area contributed by atoms with Crippen LogP contribution in [0.3, 0.4) is 0 Å². The van der Waals surface area contributed by atoms with Crippen molar-refractivity contribution in [2.45, 2.75) is 53.5 Å². The van der Waals surface area contributed by atoms with Crippen molar-refractivity contribution in [2.75, 3.05) is 7.05 Å². The van der Waals surface area contributed by atoms with Gasteiger partial charge in [0.2, 0.25) is 0 Å². The summed E-state index contributed by atoms with van der Waals surface area (Å²) in [5.74, 6) is 0. The van der Waals surface area contributed by atoms with Crippen molar-refractivity contribution in [3.8, 4) is 0 Å². The van der Waals surface area contributed by atoms with E-state index in [1.807, 2.05) is 0 Å². The molecule has 1 heteroatoms. The fourth-order valence-electron chi connectivity index (χ4n) is 1.32. The predicted molar refractivity (Wildman–Crippen MR) is 60.7 cm³/mol. The first-order chi connectivity index (χ1) is 5.80. The van der Waals surface area contributed by atoms with Crippen LogP contribution in [0.15, 0.2) is 12.3 Å². The van der Waals surface area contributed by atoms with Crippen LogP contribution in [0.4, 0.5) is 0 Å². The zero-order chi connectivity index (χ0) is 10.6. The third kappa shape index (κ3) is 3.84. The van der Waals surface area contributed by atoms with Crippen LogP contribution in [0, 0.1) is 5.41 Å². The maximum Gasteiger partial charge on any atom is 0.0303 e. The Morgan fingerprint density at radius 2 is 1.85 bits per heavy atom. The van der Waals surface area contributed by atoms with Gasteiger partial charge in [0.1, 0.15) is 0 Å². The van der Waals surface area contributed by atoms with Crippen molar-refractivity contribution in [3.63, 3.8) is 0 Å². The van der Waals surface area contributed by atoms with E-state index < -0.39 is 0 Å². The van der Waals surface area contributed by atoms with Crippen molar-refractivity contribution in [3.05, 3.63) is 12.3 Å². The largest absolute Gasteiger partial charge is 0.375 e. The van der Waals surface area contributed by atoms with Gasteiger partial charge in [-0.1, -0.05) is 40.7 Å². The Bertz CT molecular complexity index is 164. The molecule has 13 heavy (non-hydrogen) atoms. The van der Waals surface area contributed by atoms with Gasteiger partial charge in [-0.25, -0.2) is 0 Å². The predicted octanol–water partition coefficient (Wildman–Crippen LogP) is 3.67. The molecule has 0 rings (SSSR count). The number of hydrogen-bond acceptors (Lipinski definition) is 1. The number of rotatable bonds is 4. The third-order valence-corrected chi connectivity index (χ3v) is 2.87. The standard InChI is InChI=1S/C12H25N/c1-8-9-10(2)13(7)11(3)12(4,5)6/h11H,2,8-9H2,1,3-7H3. The molecule has 0 aliphatic carbocycles. The molecule has 0 saturated carbocycles. The molecule has 0 aliphatic rings. The van der Waals surface area contributed by atoms with Gasteiger partial charge in [0.15, 0.2) is 0 Å². The highest BCUT2D eigenvalue weighted by Gasteiger charge is 2.24. The Kier molecular flexibility index (Phi) is 4.52. The number of nitrogens with zero attached hydrogens (tertiary/aromatic N) is 1. The zero-order valence-electron chi connectivity index (χ0n) is 10.1. The quantitative estimate of drug-likeness (QED) is 0.643. The summed E-state index contributed by atoms with van der Waals surface area (Å²) in [7, 11) is 2.15. The molecule has 0 heterocycles. The zero-order valence-corrected chi connectivity index (χ0v) is 10.1. The van der Waals surface area contributed by atoms with Crippen LogP contribution in [-0.2, 0) is 0 Å². The van der Waals surface area contributed by atoms with Crippen LogP contribution in [0.25, 0.3) is 0 Å². The van der Waals surface area contributed by atoms with Gasteiger partial charge in [-0.2, -0.15) is 0 Å². The summed E-state index contributed by atoms with van der Waals surface area (Å²) >= 11 is 0. The fraction of sp³-hybridized carbons (Fsp3) is 0.833. The lowest BCUT2D eigenvalue weighted by atomic mass is 9.87. The molecule has 0 aliphatic heterocycles. The molecule has 0 fully saturated rings. The Hall–Kier alpha value is -0.460. The Morgan fingerprint density at radius 1 is 1.38 bits per heavy atom. The van der Waals surface area contributed by atoms with Gasteiger partial charge in [0, 0.05) is 18.8 Å².